The summed E-state index contributed by atoms with van der Waals surface area (Å²) in [5, 5.41) is 8.18. The van der Waals surface area contributed by atoms with Crippen molar-refractivity contribution in [2.24, 2.45) is 0 Å². The molecule has 0 saturated heterocycles. The quantitative estimate of drug-likeness (QED) is 0.523. The lowest BCUT2D eigenvalue weighted by atomic mass is 9.94. The molecule has 1 unspecified atom stereocenters. The summed E-state index contributed by atoms with van der Waals surface area (Å²) in [6.07, 6.45) is -4.63. The maximum Gasteiger partial charge on any atom is 0.418 e. The van der Waals surface area contributed by atoms with E-state index >= 15 is 0 Å². The van der Waals surface area contributed by atoms with Crippen LogP contribution in [0.4, 0.5) is 23.2 Å². The van der Waals surface area contributed by atoms with E-state index in [1.54, 1.807) is 13.0 Å². The van der Waals surface area contributed by atoms with Gasteiger partial charge in [-0.1, -0.05) is 24.3 Å². The number of carbonyl (C=O) groups excluding carboxylic acids is 1. The van der Waals surface area contributed by atoms with Crippen LogP contribution in [0.1, 0.15) is 24.1 Å². The molecule has 28 heavy (non-hydrogen) atoms. The van der Waals surface area contributed by atoms with Crippen molar-refractivity contribution < 1.29 is 22.4 Å². The molecule has 0 saturated carbocycles. The first kappa shape index (κ1) is 19.8. The molecular formula is C19H15F4N3OS. The van der Waals surface area contributed by atoms with Crippen LogP contribution >= 0.6 is 12.2 Å². The summed E-state index contributed by atoms with van der Waals surface area (Å²) in [7, 11) is 0. The van der Waals surface area contributed by atoms with Crippen molar-refractivity contribution in [2.45, 2.75) is 19.1 Å². The summed E-state index contributed by atoms with van der Waals surface area (Å²) in [5.41, 5.74) is -0.448. The molecule has 1 aliphatic heterocycles. The zero-order chi connectivity index (χ0) is 20.5. The second-order valence-electron chi connectivity index (χ2n) is 6.12. The number of para-hydroxylation sites is 1. The van der Waals surface area contributed by atoms with Crippen molar-refractivity contribution in [3.8, 4) is 0 Å². The van der Waals surface area contributed by atoms with Crippen LogP contribution in [-0.4, -0.2) is 11.0 Å². The molecule has 146 valence electrons. The van der Waals surface area contributed by atoms with Gasteiger partial charge in [0.15, 0.2) is 5.11 Å². The molecule has 3 N–H and O–H groups in total. The molecule has 3 rings (SSSR count). The Hall–Kier alpha value is -2.94. The number of hydrogen-bond acceptors (Lipinski definition) is 2. The molecule has 0 aromatic heterocycles. The number of halogens is 4. The van der Waals surface area contributed by atoms with Gasteiger partial charge in [0.2, 0.25) is 0 Å². The summed E-state index contributed by atoms with van der Waals surface area (Å²) in [4.78, 5) is 12.9. The molecule has 4 nitrogen and oxygen atoms in total. The highest BCUT2D eigenvalue weighted by atomic mass is 32.1. The highest BCUT2D eigenvalue weighted by Gasteiger charge is 2.35. The molecule has 1 heterocycles. The van der Waals surface area contributed by atoms with Crippen LogP contribution in [0.25, 0.3) is 0 Å². The van der Waals surface area contributed by atoms with Gasteiger partial charge in [-0.2, -0.15) is 13.2 Å². The van der Waals surface area contributed by atoms with E-state index in [9.17, 15) is 22.4 Å². The number of benzene rings is 2. The Labute approximate surface area is 163 Å². The smallest absolute Gasteiger partial charge is 0.351 e. The van der Waals surface area contributed by atoms with Crippen LogP contribution in [-0.2, 0) is 11.0 Å². The zero-order valence-corrected chi connectivity index (χ0v) is 15.3. The number of anilines is 1. The number of nitrogens with one attached hydrogen (secondary N) is 3. The van der Waals surface area contributed by atoms with Crippen LogP contribution in [0.15, 0.2) is 59.8 Å². The van der Waals surface area contributed by atoms with Crippen molar-refractivity contribution >= 4 is 28.9 Å². The summed E-state index contributed by atoms with van der Waals surface area (Å²) in [5.74, 6) is -1.27. The van der Waals surface area contributed by atoms with Crippen molar-refractivity contribution in [3.05, 3.63) is 76.7 Å². The van der Waals surface area contributed by atoms with E-state index in [0.717, 1.165) is 6.07 Å². The Morgan fingerprint density at radius 2 is 1.86 bits per heavy atom. The van der Waals surface area contributed by atoms with Gasteiger partial charge in [0.1, 0.15) is 5.82 Å². The minimum Gasteiger partial charge on any atom is -0.351 e. The minimum atomic E-state index is -4.63. The highest BCUT2D eigenvalue weighted by molar-refractivity contribution is 7.80. The van der Waals surface area contributed by atoms with Gasteiger partial charge in [0.05, 0.1) is 22.9 Å². The molecule has 2 aromatic carbocycles. The zero-order valence-electron chi connectivity index (χ0n) is 14.5. The Bertz CT molecular complexity index is 972. The molecule has 1 aliphatic rings. The summed E-state index contributed by atoms with van der Waals surface area (Å²) >= 11 is 5.10. The number of carbonyl (C=O) groups is 1. The van der Waals surface area contributed by atoms with E-state index in [1.807, 2.05) is 0 Å². The number of amides is 1. The maximum atomic E-state index is 13.7. The van der Waals surface area contributed by atoms with Crippen LogP contribution in [0, 0.1) is 5.82 Å². The van der Waals surface area contributed by atoms with Gasteiger partial charge in [-0.15, -0.1) is 0 Å². The van der Waals surface area contributed by atoms with E-state index in [1.165, 1.54) is 36.4 Å². The molecule has 0 fully saturated rings. The number of allylic oxidation sites excluding steroid dienone is 1. The number of rotatable bonds is 3. The van der Waals surface area contributed by atoms with Gasteiger partial charge in [-0.3, -0.25) is 4.79 Å². The van der Waals surface area contributed by atoms with Crippen molar-refractivity contribution in [1.82, 2.24) is 10.6 Å². The average molecular weight is 409 g/mol. The Kier molecular flexibility index (Phi) is 5.37. The maximum absolute atomic E-state index is 13.7. The average Bonchev–Trinajstić information content (AvgIpc) is 2.60. The number of alkyl halides is 3. The van der Waals surface area contributed by atoms with Crippen molar-refractivity contribution in [3.63, 3.8) is 0 Å². The third-order valence-corrected chi connectivity index (χ3v) is 4.40. The number of thiocarbonyl (C=S) groups is 1. The molecule has 2 aromatic rings. The van der Waals surface area contributed by atoms with E-state index in [2.05, 4.69) is 16.0 Å². The summed E-state index contributed by atoms with van der Waals surface area (Å²) < 4.78 is 53.3. The monoisotopic (exact) mass is 409 g/mol. The lowest BCUT2D eigenvalue weighted by Gasteiger charge is -2.30. The van der Waals surface area contributed by atoms with Crippen LogP contribution in [0.5, 0.6) is 0 Å². The molecule has 0 aliphatic carbocycles. The van der Waals surface area contributed by atoms with Crippen molar-refractivity contribution in [1.29, 1.82) is 0 Å². The Morgan fingerprint density at radius 1 is 1.14 bits per heavy atom. The molecule has 0 radical (unpaired) electrons. The van der Waals surface area contributed by atoms with Crippen LogP contribution in [0.3, 0.4) is 0 Å². The van der Waals surface area contributed by atoms with E-state index < -0.39 is 29.5 Å². The third kappa shape index (κ3) is 4.14. The van der Waals surface area contributed by atoms with Gasteiger partial charge in [0, 0.05) is 5.70 Å². The predicted octanol–water partition coefficient (Wildman–Crippen LogP) is 4.28. The Balaban J connectivity index is 1.99. The SMILES string of the molecule is CC1=C(C(=O)Nc2ccccc2C(F)(F)F)C(c2cccc(F)c2)NC(=S)N1. The van der Waals surface area contributed by atoms with Gasteiger partial charge in [-0.25, -0.2) is 4.39 Å². The first-order valence-electron chi connectivity index (χ1n) is 8.18. The van der Waals surface area contributed by atoms with Gasteiger partial charge in [0.25, 0.3) is 5.91 Å². The first-order chi connectivity index (χ1) is 13.2. The van der Waals surface area contributed by atoms with Crippen LogP contribution in [0.2, 0.25) is 0 Å². The molecular weight excluding hydrogens is 394 g/mol. The molecule has 1 atom stereocenters. The highest BCUT2D eigenvalue weighted by Crippen LogP contribution is 2.35. The van der Waals surface area contributed by atoms with Gasteiger partial charge >= 0.3 is 6.18 Å². The van der Waals surface area contributed by atoms with E-state index in [-0.39, 0.29) is 16.4 Å². The molecule has 1 amide bonds. The molecule has 9 heteroatoms. The molecule has 0 spiro atoms. The standard InChI is InChI=1S/C19H15F4N3OS/c1-10-15(16(26-18(28)24-10)11-5-4-6-12(20)9-11)17(27)25-14-8-3-2-7-13(14)19(21,22)23/h2-9,16H,1H3,(H,25,27)(H2,24,26,28). The normalized spacial score (nSPS) is 17.0. The largest absolute Gasteiger partial charge is 0.418 e. The minimum absolute atomic E-state index is 0.108. The lowest BCUT2D eigenvalue weighted by Crippen LogP contribution is -2.45. The summed E-state index contributed by atoms with van der Waals surface area (Å²) in [6, 6.07) is 9.41. The lowest BCUT2D eigenvalue weighted by molar-refractivity contribution is -0.137. The van der Waals surface area contributed by atoms with Gasteiger partial charge in [-0.05, 0) is 49.0 Å². The number of hydrogen-bond donors (Lipinski definition) is 3. The second kappa shape index (κ2) is 7.59. The van der Waals surface area contributed by atoms with Crippen molar-refractivity contribution in [2.75, 3.05) is 5.32 Å². The van der Waals surface area contributed by atoms with E-state index in [0.29, 0.717) is 11.3 Å². The first-order valence-corrected chi connectivity index (χ1v) is 8.59. The van der Waals surface area contributed by atoms with Crippen LogP contribution < -0.4 is 16.0 Å². The third-order valence-electron chi connectivity index (χ3n) is 4.18. The fourth-order valence-electron chi connectivity index (χ4n) is 2.96. The fraction of sp³-hybridized carbons (Fsp3) is 0.158. The van der Waals surface area contributed by atoms with Gasteiger partial charge < -0.3 is 16.0 Å². The molecule has 0 bridgehead atoms. The van der Waals surface area contributed by atoms with E-state index in [4.69, 9.17) is 12.2 Å². The summed E-state index contributed by atoms with van der Waals surface area (Å²) in [6.45, 7) is 1.57. The fourth-order valence-corrected chi connectivity index (χ4v) is 3.23. The predicted molar refractivity (Wildman–Crippen MR) is 101 cm³/mol. The Morgan fingerprint density at radius 3 is 2.54 bits per heavy atom. The second-order valence-corrected chi connectivity index (χ2v) is 6.53. The topological polar surface area (TPSA) is 53.2 Å².